The van der Waals surface area contributed by atoms with Gasteiger partial charge in [0.05, 0.1) is 24.5 Å². The van der Waals surface area contributed by atoms with Crippen molar-refractivity contribution in [2.45, 2.75) is 32.7 Å². The van der Waals surface area contributed by atoms with Gasteiger partial charge >= 0.3 is 0 Å². The SMILES string of the molecule is CC[C@@](C)(CNC(=O)c1c(C)nsc1NC)N1CCOCC1. The average molecular weight is 326 g/mol. The third-order valence-electron chi connectivity index (χ3n) is 4.48. The van der Waals surface area contributed by atoms with Crippen molar-refractivity contribution in [3.63, 3.8) is 0 Å². The van der Waals surface area contributed by atoms with Crippen LogP contribution in [0, 0.1) is 6.92 Å². The lowest BCUT2D eigenvalue weighted by Crippen LogP contribution is -2.56. The molecule has 1 aliphatic rings. The zero-order valence-corrected chi connectivity index (χ0v) is 14.7. The molecule has 6 nitrogen and oxygen atoms in total. The van der Waals surface area contributed by atoms with Gasteiger partial charge < -0.3 is 15.4 Å². The Morgan fingerprint density at radius 3 is 2.73 bits per heavy atom. The number of morpholine rings is 1. The van der Waals surface area contributed by atoms with E-state index in [2.05, 4.69) is 33.8 Å². The average Bonchev–Trinajstić information content (AvgIpc) is 2.94. The highest BCUT2D eigenvalue weighted by molar-refractivity contribution is 7.10. The molecule has 1 fully saturated rings. The van der Waals surface area contributed by atoms with Crippen molar-refractivity contribution >= 4 is 22.4 Å². The van der Waals surface area contributed by atoms with E-state index in [1.165, 1.54) is 11.5 Å². The molecule has 0 saturated carbocycles. The number of carbonyl (C=O) groups excluding carboxylic acids is 1. The molecule has 1 aromatic rings. The van der Waals surface area contributed by atoms with Crippen molar-refractivity contribution in [1.82, 2.24) is 14.6 Å². The predicted molar refractivity (Wildman–Crippen MR) is 89.8 cm³/mol. The summed E-state index contributed by atoms with van der Waals surface area (Å²) in [7, 11) is 1.81. The van der Waals surface area contributed by atoms with Gasteiger partial charge in [0.1, 0.15) is 5.00 Å². The van der Waals surface area contributed by atoms with Crippen LogP contribution in [0.3, 0.4) is 0 Å². The second-order valence-electron chi connectivity index (χ2n) is 5.85. The molecule has 0 unspecified atom stereocenters. The van der Waals surface area contributed by atoms with E-state index in [4.69, 9.17) is 4.74 Å². The number of carbonyl (C=O) groups is 1. The quantitative estimate of drug-likeness (QED) is 0.833. The van der Waals surface area contributed by atoms with Gasteiger partial charge in [-0.25, -0.2) is 0 Å². The van der Waals surface area contributed by atoms with Crippen LogP contribution in [-0.4, -0.2) is 60.6 Å². The van der Waals surface area contributed by atoms with Gasteiger partial charge in [-0.1, -0.05) is 6.92 Å². The summed E-state index contributed by atoms with van der Waals surface area (Å²) in [6, 6.07) is 0. The lowest BCUT2D eigenvalue weighted by atomic mass is 9.95. The van der Waals surface area contributed by atoms with Gasteiger partial charge in [-0.15, -0.1) is 0 Å². The highest BCUT2D eigenvalue weighted by Crippen LogP contribution is 2.24. The van der Waals surface area contributed by atoms with E-state index in [1.807, 2.05) is 14.0 Å². The van der Waals surface area contributed by atoms with Crippen molar-refractivity contribution in [3.05, 3.63) is 11.3 Å². The number of nitrogens with zero attached hydrogens (tertiary/aromatic N) is 2. The zero-order chi connectivity index (χ0) is 16.2. The van der Waals surface area contributed by atoms with Crippen LogP contribution in [0.15, 0.2) is 0 Å². The number of amides is 1. The van der Waals surface area contributed by atoms with Gasteiger partial charge in [0.15, 0.2) is 0 Å². The summed E-state index contributed by atoms with van der Waals surface area (Å²) in [5.41, 5.74) is 1.39. The first kappa shape index (κ1) is 17.2. The number of anilines is 1. The molecule has 0 aliphatic carbocycles. The molecule has 2 N–H and O–H groups in total. The van der Waals surface area contributed by atoms with E-state index in [0.717, 1.165) is 43.4 Å². The fraction of sp³-hybridized carbons (Fsp3) is 0.733. The number of ether oxygens (including phenoxy) is 1. The molecule has 2 heterocycles. The number of hydrogen-bond acceptors (Lipinski definition) is 6. The lowest BCUT2D eigenvalue weighted by Gasteiger charge is -2.43. The van der Waals surface area contributed by atoms with Gasteiger partial charge in [-0.05, 0) is 31.8 Å². The number of aryl methyl sites for hydroxylation is 1. The van der Waals surface area contributed by atoms with Crippen molar-refractivity contribution in [2.75, 3.05) is 45.2 Å². The number of rotatable bonds is 6. The molecule has 1 saturated heterocycles. The fourth-order valence-corrected chi connectivity index (χ4v) is 3.47. The Morgan fingerprint density at radius 1 is 1.45 bits per heavy atom. The van der Waals surface area contributed by atoms with E-state index in [9.17, 15) is 4.79 Å². The van der Waals surface area contributed by atoms with E-state index < -0.39 is 0 Å². The minimum atomic E-state index is -0.0523. The summed E-state index contributed by atoms with van der Waals surface area (Å²) >= 11 is 1.32. The Bertz CT molecular complexity index is 514. The molecule has 0 spiro atoms. The topological polar surface area (TPSA) is 66.5 Å². The van der Waals surface area contributed by atoms with Gasteiger partial charge in [0.2, 0.25) is 0 Å². The Balaban J connectivity index is 2.03. The maximum Gasteiger partial charge on any atom is 0.256 e. The van der Waals surface area contributed by atoms with Crippen LogP contribution in [0.1, 0.15) is 36.3 Å². The molecular formula is C15H26N4O2S. The van der Waals surface area contributed by atoms with E-state index in [1.54, 1.807) is 0 Å². The zero-order valence-electron chi connectivity index (χ0n) is 13.9. The first-order chi connectivity index (χ1) is 10.5. The molecule has 0 bridgehead atoms. The van der Waals surface area contributed by atoms with Gasteiger partial charge in [0, 0.05) is 32.2 Å². The third kappa shape index (κ3) is 3.59. The highest BCUT2D eigenvalue weighted by Gasteiger charge is 2.32. The third-order valence-corrected chi connectivity index (χ3v) is 5.44. The molecule has 0 aromatic carbocycles. The Hall–Kier alpha value is -1.18. The summed E-state index contributed by atoms with van der Waals surface area (Å²) < 4.78 is 9.68. The Morgan fingerprint density at radius 2 is 2.14 bits per heavy atom. The molecule has 2 rings (SSSR count). The Labute approximate surface area is 136 Å². The largest absolute Gasteiger partial charge is 0.379 e. The molecule has 124 valence electrons. The van der Waals surface area contributed by atoms with Crippen LogP contribution in [0.4, 0.5) is 5.00 Å². The van der Waals surface area contributed by atoms with Crippen LogP contribution in [0.5, 0.6) is 0 Å². The summed E-state index contributed by atoms with van der Waals surface area (Å²) in [6.45, 7) is 10.2. The van der Waals surface area contributed by atoms with Gasteiger partial charge in [-0.3, -0.25) is 9.69 Å². The number of nitrogens with one attached hydrogen (secondary N) is 2. The first-order valence-electron chi connectivity index (χ1n) is 7.77. The second-order valence-corrected chi connectivity index (χ2v) is 6.63. The number of aromatic nitrogens is 1. The molecule has 0 radical (unpaired) electrons. The summed E-state index contributed by atoms with van der Waals surface area (Å²) in [6.07, 6.45) is 0.979. The highest BCUT2D eigenvalue weighted by atomic mass is 32.1. The van der Waals surface area contributed by atoms with Crippen LogP contribution in [-0.2, 0) is 4.74 Å². The molecule has 22 heavy (non-hydrogen) atoms. The van der Waals surface area contributed by atoms with E-state index in [-0.39, 0.29) is 11.4 Å². The standard InChI is InChI=1S/C15H26N4O2S/c1-5-15(3,19-6-8-21-9-7-19)10-17-13(20)12-11(2)18-22-14(12)16-4/h16H,5-10H2,1-4H3,(H,17,20)/t15-/m0/s1. The van der Waals surface area contributed by atoms with Crippen molar-refractivity contribution in [2.24, 2.45) is 0 Å². The minimum absolute atomic E-state index is 0.0450. The first-order valence-corrected chi connectivity index (χ1v) is 8.54. The summed E-state index contributed by atoms with van der Waals surface area (Å²) in [5, 5.41) is 6.95. The van der Waals surface area contributed by atoms with Crippen LogP contribution in [0.2, 0.25) is 0 Å². The minimum Gasteiger partial charge on any atom is -0.379 e. The molecule has 7 heteroatoms. The fourth-order valence-electron chi connectivity index (χ4n) is 2.73. The van der Waals surface area contributed by atoms with Crippen molar-refractivity contribution in [1.29, 1.82) is 0 Å². The summed E-state index contributed by atoms with van der Waals surface area (Å²) in [5.74, 6) is -0.0523. The van der Waals surface area contributed by atoms with Gasteiger partial charge in [-0.2, -0.15) is 4.37 Å². The predicted octanol–water partition coefficient (Wildman–Crippen LogP) is 1.72. The Kier molecular flexibility index (Phi) is 5.77. The van der Waals surface area contributed by atoms with Crippen molar-refractivity contribution < 1.29 is 9.53 Å². The monoisotopic (exact) mass is 326 g/mol. The maximum absolute atomic E-state index is 12.5. The molecule has 1 atom stereocenters. The van der Waals surface area contributed by atoms with Crippen LogP contribution >= 0.6 is 11.5 Å². The lowest BCUT2D eigenvalue weighted by molar-refractivity contribution is -0.0169. The molecular weight excluding hydrogens is 300 g/mol. The second kappa shape index (κ2) is 7.39. The van der Waals surface area contributed by atoms with Crippen LogP contribution < -0.4 is 10.6 Å². The molecule has 1 aromatic heterocycles. The molecule has 1 amide bonds. The van der Waals surface area contributed by atoms with Crippen molar-refractivity contribution in [3.8, 4) is 0 Å². The normalized spacial score (nSPS) is 18.7. The van der Waals surface area contributed by atoms with Gasteiger partial charge in [0.25, 0.3) is 5.91 Å². The van der Waals surface area contributed by atoms with E-state index in [0.29, 0.717) is 12.1 Å². The smallest absolute Gasteiger partial charge is 0.256 e. The summed E-state index contributed by atoms with van der Waals surface area (Å²) in [4.78, 5) is 14.9. The van der Waals surface area contributed by atoms with E-state index >= 15 is 0 Å². The van der Waals surface area contributed by atoms with Crippen LogP contribution in [0.25, 0.3) is 0 Å². The maximum atomic E-state index is 12.5. The molecule has 1 aliphatic heterocycles. The number of hydrogen-bond donors (Lipinski definition) is 2.